The van der Waals surface area contributed by atoms with Crippen LogP contribution in [0.3, 0.4) is 0 Å². The van der Waals surface area contributed by atoms with Crippen LogP contribution in [0, 0.1) is 11.6 Å². The Morgan fingerprint density at radius 1 is 1.19 bits per heavy atom. The molecule has 2 aromatic carbocycles. The van der Waals surface area contributed by atoms with Gasteiger partial charge in [-0.2, -0.15) is 8.78 Å². The van der Waals surface area contributed by atoms with E-state index in [9.17, 15) is 22.4 Å². The maximum absolute atomic E-state index is 13.8. The summed E-state index contributed by atoms with van der Waals surface area (Å²) in [5, 5.41) is 2.47. The number of carbonyl (C=O) groups excluding carboxylic acids is 1. The number of rotatable bonds is 9. The minimum Gasteiger partial charge on any atom is -0.490 e. The molecule has 32 heavy (non-hydrogen) atoms. The summed E-state index contributed by atoms with van der Waals surface area (Å²) in [6.07, 6.45) is 0. The Hall–Kier alpha value is -3.60. The molecular weight excluding hydrogens is 434 g/mol. The maximum Gasteiger partial charge on any atom is 0.387 e. The zero-order valence-electron chi connectivity index (χ0n) is 16.8. The van der Waals surface area contributed by atoms with Crippen molar-refractivity contribution in [3.05, 3.63) is 65.1 Å². The molecule has 3 N–H and O–H groups in total. The monoisotopic (exact) mass is 453 g/mol. The highest BCUT2D eigenvalue weighted by Gasteiger charge is 2.22. The van der Waals surface area contributed by atoms with Gasteiger partial charge in [-0.05, 0) is 31.2 Å². The van der Waals surface area contributed by atoms with E-state index >= 15 is 0 Å². The minimum absolute atomic E-state index is 0.00638. The summed E-state index contributed by atoms with van der Waals surface area (Å²) in [6.45, 7) is -1.55. The molecule has 170 valence electrons. The highest BCUT2D eigenvalue weighted by molar-refractivity contribution is 5.93. The van der Waals surface area contributed by atoms with E-state index < -0.39 is 24.2 Å². The Morgan fingerprint density at radius 2 is 1.97 bits per heavy atom. The molecule has 1 heterocycles. The van der Waals surface area contributed by atoms with E-state index in [4.69, 9.17) is 14.9 Å². The molecule has 0 spiro atoms. The Balaban J connectivity index is 1.84. The number of nitrogens with zero attached hydrogens (tertiary/aromatic N) is 1. The Labute approximate surface area is 180 Å². The fourth-order valence-corrected chi connectivity index (χ4v) is 2.82. The molecule has 1 aromatic heterocycles. The van der Waals surface area contributed by atoms with Gasteiger partial charge in [0.15, 0.2) is 23.0 Å². The largest absolute Gasteiger partial charge is 0.490 e. The molecule has 3 rings (SSSR count). The molecule has 0 aliphatic rings. The molecular formula is C21H19F4N3O4. The van der Waals surface area contributed by atoms with E-state index in [0.29, 0.717) is 11.6 Å². The second-order valence-electron chi connectivity index (χ2n) is 6.39. The summed E-state index contributed by atoms with van der Waals surface area (Å²) in [7, 11) is 0. The molecule has 3 aromatic rings. The van der Waals surface area contributed by atoms with Crippen LogP contribution in [-0.2, 0) is 13.1 Å². The molecule has 11 heteroatoms. The molecule has 7 nitrogen and oxygen atoms in total. The first-order valence-corrected chi connectivity index (χ1v) is 9.46. The third-order valence-corrected chi connectivity index (χ3v) is 4.26. The van der Waals surface area contributed by atoms with E-state index in [1.165, 1.54) is 24.3 Å². The van der Waals surface area contributed by atoms with Crippen LogP contribution in [0.25, 0.3) is 11.5 Å². The van der Waals surface area contributed by atoms with Crippen molar-refractivity contribution in [2.45, 2.75) is 26.6 Å². The predicted molar refractivity (Wildman–Crippen MR) is 105 cm³/mol. The quantitative estimate of drug-likeness (QED) is 0.475. The minimum atomic E-state index is -3.04. The van der Waals surface area contributed by atoms with Gasteiger partial charge >= 0.3 is 6.61 Å². The lowest BCUT2D eigenvalue weighted by molar-refractivity contribution is -0.0514. The first-order chi connectivity index (χ1) is 15.3. The lowest BCUT2D eigenvalue weighted by Gasteiger charge is -2.11. The summed E-state index contributed by atoms with van der Waals surface area (Å²) in [5.41, 5.74) is 5.92. The number of nitrogens with one attached hydrogen (secondary N) is 1. The number of aromatic nitrogens is 1. The first kappa shape index (κ1) is 23.1. The summed E-state index contributed by atoms with van der Waals surface area (Å²) in [6, 6.07) is 7.03. The molecule has 0 aliphatic heterocycles. The summed E-state index contributed by atoms with van der Waals surface area (Å²) in [4.78, 5) is 16.7. The number of ether oxygens (including phenoxy) is 2. The SMILES string of the molecule is CCOc1cc(-c2nc(C(=O)NCc3ccc(F)cc3F)c(CN)o2)ccc1OC(F)F. The van der Waals surface area contributed by atoms with Crippen LogP contribution in [0.15, 0.2) is 40.8 Å². The third-order valence-electron chi connectivity index (χ3n) is 4.26. The predicted octanol–water partition coefficient (Wildman–Crippen LogP) is 4.01. The average Bonchev–Trinajstić information content (AvgIpc) is 3.18. The highest BCUT2D eigenvalue weighted by Crippen LogP contribution is 2.34. The van der Waals surface area contributed by atoms with Crippen LogP contribution in [0.5, 0.6) is 11.5 Å². The molecule has 0 radical (unpaired) electrons. The van der Waals surface area contributed by atoms with Crippen molar-refractivity contribution in [2.24, 2.45) is 5.73 Å². The fraction of sp³-hybridized carbons (Fsp3) is 0.238. The van der Waals surface area contributed by atoms with Gasteiger partial charge in [0.05, 0.1) is 13.2 Å². The first-order valence-electron chi connectivity index (χ1n) is 9.46. The van der Waals surface area contributed by atoms with Crippen LogP contribution in [0.2, 0.25) is 0 Å². The number of amides is 1. The normalized spacial score (nSPS) is 11.0. The van der Waals surface area contributed by atoms with Crippen LogP contribution < -0.4 is 20.5 Å². The number of benzene rings is 2. The molecule has 1 amide bonds. The number of halogens is 4. The summed E-state index contributed by atoms with van der Waals surface area (Å²) < 4.78 is 67.3. The van der Waals surface area contributed by atoms with Gasteiger partial charge in [-0.15, -0.1) is 0 Å². The van der Waals surface area contributed by atoms with Crippen molar-refractivity contribution < 1.29 is 36.2 Å². The molecule has 0 bridgehead atoms. The van der Waals surface area contributed by atoms with Crippen molar-refractivity contribution in [1.82, 2.24) is 10.3 Å². The number of oxazole rings is 1. The van der Waals surface area contributed by atoms with Gasteiger partial charge < -0.3 is 24.9 Å². The second kappa shape index (κ2) is 10.1. The number of hydrogen-bond donors (Lipinski definition) is 2. The van der Waals surface area contributed by atoms with Crippen molar-refractivity contribution in [1.29, 1.82) is 0 Å². The highest BCUT2D eigenvalue weighted by atomic mass is 19.3. The van der Waals surface area contributed by atoms with Crippen molar-refractivity contribution in [3.63, 3.8) is 0 Å². The molecule has 0 atom stereocenters. The van der Waals surface area contributed by atoms with Gasteiger partial charge in [-0.25, -0.2) is 13.8 Å². The van der Waals surface area contributed by atoms with E-state index in [1.54, 1.807) is 6.92 Å². The standard InChI is InChI=1S/C21H19F4N3O4/c1-2-30-16-7-11(4-6-15(16)32-21(24)25)20-28-18(17(9-26)31-20)19(29)27-10-12-3-5-13(22)8-14(12)23/h3-8,21H,2,9-10,26H2,1H3,(H,27,29). The van der Waals surface area contributed by atoms with Gasteiger partial charge in [-0.3, -0.25) is 4.79 Å². The van der Waals surface area contributed by atoms with Crippen LogP contribution in [0.1, 0.15) is 28.7 Å². The summed E-state index contributed by atoms with van der Waals surface area (Å²) >= 11 is 0. The topological polar surface area (TPSA) is 99.6 Å². The van der Waals surface area contributed by atoms with Crippen molar-refractivity contribution >= 4 is 5.91 Å². The Bertz CT molecular complexity index is 1100. The van der Waals surface area contributed by atoms with Crippen LogP contribution >= 0.6 is 0 Å². The maximum atomic E-state index is 13.8. The average molecular weight is 453 g/mol. The van der Waals surface area contributed by atoms with Crippen LogP contribution in [-0.4, -0.2) is 24.1 Å². The smallest absolute Gasteiger partial charge is 0.387 e. The molecule has 0 saturated carbocycles. The summed E-state index contributed by atoms with van der Waals surface area (Å²) in [5.74, 6) is -2.31. The lowest BCUT2D eigenvalue weighted by atomic mass is 10.2. The zero-order chi connectivity index (χ0) is 23.3. The van der Waals surface area contributed by atoms with E-state index in [-0.39, 0.29) is 54.1 Å². The van der Waals surface area contributed by atoms with Gasteiger partial charge in [0.25, 0.3) is 5.91 Å². The van der Waals surface area contributed by atoms with E-state index in [0.717, 1.165) is 6.07 Å². The van der Waals surface area contributed by atoms with Gasteiger partial charge in [0.2, 0.25) is 5.89 Å². The van der Waals surface area contributed by atoms with Crippen molar-refractivity contribution in [2.75, 3.05) is 6.61 Å². The van der Waals surface area contributed by atoms with Gasteiger partial charge in [-0.1, -0.05) is 6.07 Å². The number of hydrogen-bond acceptors (Lipinski definition) is 6. The molecule has 0 unspecified atom stereocenters. The zero-order valence-corrected chi connectivity index (χ0v) is 16.8. The third kappa shape index (κ3) is 5.35. The number of alkyl halides is 2. The Morgan fingerprint density at radius 3 is 2.62 bits per heavy atom. The van der Waals surface area contributed by atoms with E-state index in [2.05, 4.69) is 15.0 Å². The molecule has 0 saturated heterocycles. The van der Waals surface area contributed by atoms with Gasteiger partial charge in [0, 0.05) is 23.7 Å². The molecule has 0 aliphatic carbocycles. The lowest BCUT2D eigenvalue weighted by Crippen LogP contribution is -2.25. The number of carbonyl (C=O) groups is 1. The van der Waals surface area contributed by atoms with Crippen LogP contribution in [0.4, 0.5) is 17.6 Å². The van der Waals surface area contributed by atoms with Crippen molar-refractivity contribution in [3.8, 4) is 23.0 Å². The second-order valence-corrected chi connectivity index (χ2v) is 6.39. The number of nitrogens with two attached hydrogens (primary N) is 1. The Kier molecular flexibility index (Phi) is 7.31. The van der Waals surface area contributed by atoms with E-state index in [1.807, 2.05) is 0 Å². The molecule has 0 fully saturated rings. The van der Waals surface area contributed by atoms with Gasteiger partial charge in [0.1, 0.15) is 11.6 Å². The fourth-order valence-electron chi connectivity index (χ4n) is 2.82.